The van der Waals surface area contributed by atoms with Gasteiger partial charge in [-0.05, 0) is 12.5 Å². The van der Waals surface area contributed by atoms with Gasteiger partial charge in [0, 0.05) is 19.2 Å². The average Bonchev–Trinajstić information content (AvgIpc) is 2.57. The predicted octanol–water partition coefficient (Wildman–Crippen LogP) is 2.20. The molecule has 1 heterocycles. The summed E-state index contributed by atoms with van der Waals surface area (Å²) in [4.78, 5) is 11.3. The van der Waals surface area contributed by atoms with Crippen molar-refractivity contribution in [1.29, 1.82) is 0 Å². The molecule has 0 saturated heterocycles. The van der Waals surface area contributed by atoms with Crippen LogP contribution in [-0.4, -0.2) is 23.8 Å². The molecule has 0 aliphatic heterocycles. The molecule has 0 amide bonds. The van der Waals surface area contributed by atoms with Gasteiger partial charge < -0.3 is 15.0 Å². The molecule has 0 radical (unpaired) electrons. The van der Waals surface area contributed by atoms with Crippen LogP contribution in [0.3, 0.4) is 0 Å². The highest BCUT2D eigenvalue weighted by Crippen LogP contribution is 2.22. The minimum atomic E-state index is -4.19. The van der Waals surface area contributed by atoms with Crippen LogP contribution in [0.1, 0.15) is 23.3 Å². The molecule has 0 unspecified atom stereocenters. The summed E-state index contributed by atoms with van der Waals surface area (Å²) in [5.41, 5.74) is 5.96. The Bertz CT molecular complexity index is 399. The molecular formula is C10H13F3N2O2. The Morgan fingerprint density at radius 3 is 2.71 bits per heavy atom. The number of halogens is 3. The molecule has 0 atom stereocenters. The number of nitrogens with zero attached hydrogens (tertiary/aromatic N) is 1. The first-order chi connectivity index (χ1) is 7.83. The summed E-state index contributed by atoms with van der Waals surface area (Å²) in [5, 5.41) is 0. The minimum absolute atomic E-state index is 0.0706. The van der Waals surface area contributed by atoms with Crippen LogP contribution in [0.2, 0.25) is 0 Å². The number of esters is 1. The monoisotopic (exact) mass is 250 g/mol. The van der Waals surface area contributed by atoms with Crippen molar-refractivity contribution in [2.45, 2.75) is 25.6 Å². The number of methoxy groups -OCH3 is 1. The maximum absolute atomic E-state index is 12.0. The second-order valence-electron chi connectivity index (χ2n) is 3.56. The van der Waals surface area contributed by atoms with Crippen molar-refractivity contribution in [2.75, 3.05) is 12.8 Å². The zero-order valence-electron chi connectivity index (χ0n) is 9.25. The van der Waals surface area contributed by atoms with E-state index in [1.165, 1.54) is 23.9 Å². The second kappa shape index (κ2) is 5.11. The molecule has 0 bridgehead atoms. The topological polar surface area (TPSA) is 57.2 Å². The van der Waals surface area contributed by atoms with E-state index in [9.17, 15) is 18.0 Å². The first-order valence-electron chi connectivity index (χ1n) is 4.94. The van der Waals surface area contributed by atoms with Crippen LogP contribution in [0.25, 0.3) is 0 Å². The lowest BCUT2D eigenvalue weighted by molar-refractivity contribution is -0.135. The van der Waals surface area contributed by atoms with E-state index in [1.54, 1.807) is 0 Å². The van der Waals surface area contributed by atoms with E-state index in [4.69, 9.17) is 5.73 Å². The largest absolute Gasteiger partial charge is 0.464 e. The summed E-state index contributed by atoms with van der Waals surface area (Å²) in [7, 11) is 1.20. The fourth-order valence-electron chi connectivity index (χ4n) is 1.44. The molecule has 1 aromatic rings. The summed E-state index contributed by atoms with van der Waals surface area (Å²) in [5.74, 6) is -0.617. The van der Waals surface area contributed by atoms with E-state index in [2.05, 4.69) is 4.74 Å². The lowest BCUT2D eigenvalue weighted by Crippen LogP contribution is -2.13. The normalized spacial score (nSPS) is 11.5. The van der Waals surface area contributed by atoms with E-state index in [1.807, 2.05) is 0 Å². The minimum Gasteiger partial charge on any atom is -0.464 e. The summed E-state index contributed by atoms with van der Waals surface area (Å²) in [6.07, 6.45) is -3.78. The van der Waals surface area contributed by atoms with Crippen LogP contribution in [0.5, 0.6) is 0 Å². The van der Waals surface area contributed by atoms with Crippen molar-refractivity contribution in [2.24, 2.45) is 0 Å². The molecule has 7 heteroatoms. The summed E-state index contributed by atoms with van der Waals surface area (Å²) >= 11 is 0. The highest BCUT2D eigenvalue weighted by atomic mass is 19.4. The number of nitrogen functional groups attached to an aromatic ring is 1. The van der Waals surface area contributed by atoms with E-state index >= 15 is 0 Å². The number of rotatable bonds is 4. The van der Waals surface area contributed by atoms with Crippen molar-refractivity contribution in [3.63, 3.8) is 0 Å². The van der Waals surface area contributed by atoms with Gasteiger partial charge in [0.15, 0.2) is 0 Å². The molecule has 1 aromatic heterocycles. The number of ether oxygens (including phenoxy) is 1. The van der Waals surface area contributed by atoms with Gasteiger partial charge >= 0.3 is 12.1 Å². The number of carbonyl (C=O) groups excluding carboxylic acids is 1. The predicted molar refractivity (Wildman–Crippen MR) is 55.5 cm³/mol. The first kappa shape index (κ1) is 13.4. The van der Waals surface area contributed by atoms with Gasteiger partial charge in [0.25, 0.3) is 0 Å². The molecule has 1 rings (SSSR count). The van der Waals surface area contributed by atoms with Crippen LogP contribution in [0.4, 0.5) is 18.9 Å². The van der Waals surface area contributed by atoms with Gasteiger partial charge in [-0.15, -0.1) is 0 Å². The van der Waals surface area contributed by atoms with Gasteiger partial charge in [-0.2, -0.15) is 13.2 Å². The molecule has 0 aliphatic carbocycles. The second-order valence-corrected chi connectivity index (χ2v) is 3.56. The first-order valence-corrected chi connectivity index (χ1v) is 4.94. The summed E-state index contributed by atoms with van der Waals surface area (Å²) in [6, 6.07) is 1.37. The van der Waals surface area contributed by atoms with E-state index in [0.717, 1.165) is 0 Å². The van der Waals surface area contributed by atoms with Crippen molar-refractivity contribution < 1.29 is 22.7 Å². The molecule has 0 aromatic carbocycles. The van der Waals surface area contributed by atoms with Crippen molar-refractivity contribution in [3.05, 3.63) is 18.0 Å². The Hall–Kier alpha value is -1.66. The maximum atomic E-state index is 12.0. The van der Waals surface area contributed by atoms with E-state index < -0.39 is 18.6 Å². The fraction of sp³-hybridized carbons (Fsp3) is 0.500. The molecule has 17 heavy (non-hydrogen) atoms. The van der Waals surface area contributed by atoms with Gasteiger partial charge in [0.05, 0.1) is 12.8 Å². The van der Waals surface area contributed by atoms with Crippen LogP contribution in [0, 0.1) is 0 Å². The Morgan fingerprint density at radius 2 is 2.18 bits per heavy atom. The Labute approximate surface area is 96.2 Å². The van der Waals surface area contributed by atoms with Crippen LogP contribution in [0.15, 0.2) is 12.3 Å². The maximum Gasteiger partial charge on any atom is 0.389 e. The number of hydrogen-bond acceptors (Lipinski definition) is 3. The van der Waals surface area contributed by atoms with Gasteiger partial charge in [-0.25, -0.2) is 4.79 Å². The smallest absolute Gasteiger partial charge is 0.389 e. The number of aromatic nitrogens is 1. The van der Waals surface area contributed by atoms with Crippen LogP contribution >= 0.6 is 0 Å². The molecule has 0 fully saturated rings. The number of carbonyl (C=O) groups is 1. The molecule has 2 N–H and O–H groups in total. The Balaban J connectivity index is 2.67. The molecule has 4 nitrogen and oxygen atoms in total. The fourth-order valence-corrected chi connectivity index (χ4v) is 1.44. The summed E-state index contributed by atoms with van der Waals surface area (Å²) in [6.45, 7) is 0.0706. The third-order valence-corrected chi connectivity index (χ3v) is 2.17. The Morgan fingerprint density at radius 1 is 1.53 bits per heavy atom. The van der Waals surface area contributed by atoms with Gasteiger partial charge in [0.2, 0.25) is 0 Å². The van der Waals surface area contributed by atoms with Crippen molar-refractivity contribution in [3.8, 4) is 0 Å². The van der Waals surface area contributed by atoms with E-state index in [0.29, 0.717) is 5.69 Å². The SMILES string of the molecule is COC(=O)c1cc(N)cn1CCCC(F)(F)F. The van der Waals surface area contributed by atoms with Crippen LogP contribution in [-0.2, 0) is 11.3 Å². The molecule has 0 aliphatic rings. The van der Waals surface area contributed by atoms with Gasteiger partial charge in [-0.3, -0.25) is 0 Å². The van der Waals surface area contributed by atoms with Crippen molar-refractivity contribution >= 4 is 11.7 Å². The molecule has 0 spiro atoms. The molecule has 96 valence electrons. The lowest BCUT2D eigenvalue weighted by Gasteiger charge is -2.09. The number of anilines is 1. The zero-order chi connectivity index (χ0) is 13.1. The average molecular weight is 250 g/mol. The number of alkyl halides is 3. The number of aryl methyl sites for hydroxylation is 1. The molecule has 0 saturated carbocycles. The standard InChI is InChI=1S/C10H13F3N2O2/c1-17-9(16)8-5-7(14)6-15(8)4-2-3-10(11,12)13/h5-6H,2-4,14H2,1H3. The van der Waals surface area contributed by atoms with Gasteiger partial charge in [-0.1, -0.05) is 0 Å². The third-order valence-electron chi connectivity index (χ3n) is 2.17. The van der Waals surface area contributed by atoms with E-state index in [-0.39, 0.29) is 18.7 Å². The molecular weight excluding hydrogens is 237 g/mol. The third kappa shape index (κ3) is 4.01. The zero-order valence-corrected chi connectivity index (χ0v) is 9.25. The number of nitrogens with two attached hydrogens (primary N) is 1. The van der Waals surface area contributed by atoms with Gasteiger partial charge in [0.1, 0.15) is 5.69 Å². The van der Waals surface area contributed by atoms with Crippen molar-refractivity contribution in [1.82, 2.24) is 4.57 Å². The quantitative estimate of drug-likeness (QED) is 0.833. The summed E-state index contributed by atoms with van der Waals surface area (Å²) < 4.78 is 41.8. The highest BCUT2D eigenvalue weighted by Gasteiger charge is 2.26. The van der Waals surface area contributed by atoms with Crippen LogP contribution < -0.4 is 5.73 Å². The highest BCUT2D eigenvalue weighted by molar-refractivity contribution is 5.88. The Kier molecular flexibility index (Phi) is 4.03. The number of hydrogen-bond donors (Lipinski definition) is 1. The lowest BCUT2D eigenvalue weighted by atomic mass is 10.3.